The Bertz CT molecular complexity index is 1200. The summed E-state index contributed by atoms with van der Waals surface area (Å²) in [5, 5.41) is 8.38. The van der Waals surface area contributed by atoms with Crippen LogP contribution in [0.15, 0.2) is 54.6 Å². The summed E-state index contributed by atoms with van der Waals surface area (Å²) in [5.74, 6) is -1.83. The van der Waals surface area contributed by atoms with Crippen LogP contribution < -0.4 is 21.7 Å². The second kappa shape index (κ2) is 14.3. The van der Waals surface area contributed by atoms with Crippen LogP contribution in [0.3, 0.4) is 0 Å². The highest BCUT2D eigenvalue weighted by molar-refractivity contribution is 5.94. The van der Waals surface area contributed by atoms with Crippen molar-refractivity contribution >= 4 is 35.2 Å². The standard InChI is InChI=1S/C30H39N5O5/c1-19(2)16-25(30(40)35-15-7-10-26(35)28(31)38)34-29(39)24(17-21-8-5-4-6-9-21)33-27(37)18-22-11-13-23(14-12-22)32-20(3)36/h4-6,8-9,11-14,19,24-26H,7,10,15-18H2,1-3H3,(H2,31,38)(H,32,36)(H,33,37)(H,34,39)/t24-,25-,26-/m0/s1. The van der Waals surface area contributed by atoms with E-state index in [9.17, 15) is 24.0 Å². The summed E-state index contributed by atoms with van der Waals surface area (Å²) in [7, 11) is 0. The monoisotopic (exact) mass is 549 g/mol. The fourth-order valence-electron chi connectivity index (χ4n) is 4.89. The van der Waals surface area contributed by atoms with Gasteiger partial charge in [0.25, 0.3) is 0 Å². The normalized spacial score (nSPS) is 16.2. The Kier molecular flexibility index (Phi) is 10.8. The number of rotatable bonds is 12. The molecule has 10 heteroatoms. The van der Waals surface area contributed by atoms with Gasteiger partial charge in [-0.15, -0.1) is 0 Å². The summed E-state index contributed by atoms with van der Waals surface area (Å²) in [4.78, 5) is 64.7. The number of amides is 5. The molecule has 40 heavy (non-hydrogen) atoms. The van der Waals surface area contributed by atoms with Gasteiger partial charge in [0.15, 0.2) is 0 Å². The summed E-state index contributed by atoms with van der Waals surface area (Å²) < 4.78 is 0. The molecule has 0 unspecified atom stereocenters. The van der Waals surface area contributed by atoms with Crippen molar-refractivity contribution < 1.29 is 24.0 Å². The van der Waals surface area contributed by atoms with Crippen molar-refractivity contribution in [3.05, 3.63) is 65.7 Å². The second-order valence-electron chi connectivity index (χ2n) is 10.6. The molecule has 3 atom stereocenters. The van der Waals surface area contributed by atoms with Gasteiger partial charge in [-0.1, -0.05) is 56.3 Å². The van der Waals surface area contributed by atoms with Crippen molar-refractivity contribution in [2.24, 2.45) is 11.7 Å². The van der Waals surface area contributed by atoms with E-state index in [0.29, 0.717) is 37.1 Å². The van der Waals surface area contributed by atoms with Crippen molar-refractivity contribution in [1.82, 2.24) is 15.5 Å². The first-order valence-electron chi connectivity index (χ1n) is 13.6. The number of nitrogens with two attached hydrogens (primary N) is 1. The van der Waals surface area contributed by atoms with Crippen LogP contribution in [-0.4, -0.2) is 59.1 Å². The van der Waals surface area contributed by atoms with Crippen LogP contribution in [0.25, 0.3) is 0 Å². The van der Waals surface area contributed by atoms with E-state index < -0.39 is 29.9 Å². The van der Waals surface area contributed by atoms with Gasteiger partial charge >= 0.3 is 0 Å². The maximum Gasteiger partial charge on any atom is 0.245 e. The summed E-state index contributed by atoms with van der Waals surface area (Å²) in [6.45, 7) is 5.71. The van der Waals surface area contributed by atoms with Gasteiger partial charge in [-0.25, -0.2) is 0 Å². The van der Waals surface area contributed by atoms with Crippen LogP contribution >= 0.6 is 0 Å². The predicted octanol–water partition coefficient (Wildman–Crippen LogP) is 1.92. The number of likely N-dealkylation sites (tertiary alicyclic amines) is 1. The van der Waals surface area contributed by atoms with E-state index in [1.54, 1.807) is 24.3 Å². The Labute approximate surface area is 235 Å². The molecule has 0 spiro atoms. The molecule has 0 bridgehead atoms. The van der Waals surface area contributed by atoms with Crippen LogP contribution in [0, 0.1) is 5.92 Å². The van der Waals surface area contributed by atoms with Gasteiger partial charge in [0.05, 0.1) is 6.42 Å². The largest absolute Gasteiger partial charge is 0.368 e. The van der Waals surface area contributed by atoms with Crippen molar-refractivity contribution in [2.45, 2.75) is 71.0 Å². The molecule has 0 aliphatic carbocycles. The minimum Gasteiger partial charge on any atom is -0.368 e. The van der Waals surface area contributed by atoms with E-state index in [-0.39, 0.29) is 36.5 Å². The highest BCUT2D eigenvalue weighted by atomic mass is 16.2. The fraction of sp³-hybridized carbons (Fsp3) is 0.433. The molecule has 10 nitrogen and oxygen atoms in total. The highest BCUT2D eigenvalue weighted by Crippen LogP contribution is 2.20. The molecule has 2 aromatic carbocycles. The van der Waals surface area contributed by atoms with E-state index in [1.807, 2.05) is 44.2 Å². The quantitative estimate of drug-likeness (QED) is 0.319. The van der Waals surface area contributed by atoms with Gasteiger partial charge in [0.1, 0.15) is 18.1 Å². The Morgan fingerprint density at radius 2 is 1.60 bits per heavy atom. The number of hydrogen-bond donors (Lipinski definition) is 4. The molecule has 0 saturated carbocycles. The lowest BCUT2D eigenvalue weighted by molar-refractivity contribution is -0.141. The number of benzene rings is 2. The third kappa shape index (κ3) is 8.93. The summed E-state index contributed by atoms with van der Waals surface area (Å²) in [6.07, 6.45) is 1.80. The molecule has 3 rings (SSSR count). The number of carbonyl (C=O) groups is 5. The summed E-state index contributed by atoms with van der Waals surface area (Å²) in [6, 6.07) is 13.7. The zero-order valence-corrected chi connectivity index (χ0v) is 23.3. The van der Waals surface area contributed by atoms with Gasteiger partial charge in [-0.05, 0) is 48.4 Å². The van der Waals surface area contributed by atoms with E-state index in [0.717, 1.165) is 5.56 Å². The number of primary amides is 1. The van der Waals surface area contributed by atoms with Crippen molar-refractivity contribution in [3.8, 4) is 0 Å². The Hall–Kier alpha value is -4.21. The van der Waals surface area contributed by atoms with Crippen LogP contribution in [-0.2, 0) is 36.8 Å². The second-order valence-corrected chi connectivity index (χ2v) is 10.6. The van der Waals surface area contributed by atoms with E-state index in [1.165, 1.54) is 11.8 Å². The maximum atomic E-state index is 13.6. The highest BCUT2D eigenvalue weighted by Gasteiger charge is 2.37. The van der Waals surface area contributed by atoms with Gasteiger partial charge in [0.2, 0.25) is 29.5 Å². The van der Waals surface area contributed by atoms with E-state index in [2.05, 4.69) is 16.0 Å². The zero-order chi connectivity index (χ0) is 29.2. The molecule has 5 amide bonds. The summed E-state index contributed by atoms with van der Waals surface area (Å²) in [5.41, 5.74) is 7.71. The number of hydrogen-bond acceptors (Lipinski definition) is 5. The number of nitrogens with zero attached hydrogens (tertiary/aromatic N) is 1. The lowest BCUT2D eigenvalue weighted by atomic mass is 10.00. The molecular weight excluding hydrogens is 510 g/mol. The van der Waals surface area contributed by atoms with Gasteiger partial charge in [-0.3, -0.25) is 24.0 Å². The third-order valence-corrected chi connectivity index (χ3v) is 6.76. The topological polar surface area (TPSA) is 151 Å². The van der Waals surface area contributed by atoms with Crippen molar-refractivity contribution in [3.63, 3.8) is 0 Å². The average molecular weight is 550 g/mol. The molecular formula is C30H39N5O5. The molecule has 1 heterocycles. The molecule has 1 saturated heterocycles. The van der Waals surface area contributed by atoms with Gasteiger partial charge < -0.3 is 26.6 Å². The van der Waals surface area contributed by atoms with Crippen LogP contribution in [0.1, 0.15) is 51.2 Å². The van der Waals surface area contributed by atoms with Crippen LogP contribution in [0.4, 0.5) is 5.69 Å². The zero-order valence-electron chi connectivity index (χ0n) is 23.3. The first-order chi connectivity index (χ1) is 19.0. The van der Waals surface area contributed by atoms with E-state index >= 15 is 0 Å². The SMILES string of the molecule is CC(=O)Nc1ccc(CC(=O)N[C@@H](Cc2ccccc2)C(=O)N[C@@H](CC(C)C)C(=O)N2CCC[C@H]2C(N)=O)cc1. The van der Waals surface area contributed by atoms with Gasteiger partial charge in [-0.2, -0.15) is 0 Å². The Morgan fingerprint density at radius 1 is 0.925 bits per heavy atom. The first kappa shape index (κ1) is 30.3. The average Bonchev–Trinajstić information content (AvgIpc) is 3.39. The number of anilines is 1. The van der Waals surface area contributed by atoms with E-state index in [4.69, 9.17) is 5.73 Å². The van der Waals surface area contributed by atoms with Crippen LogP contribution in [0.2, 0.25) is 0 Å². The van der Waals surface area contributed by atoms with Crippen LogP contribution in [0.5, 0.6) is 0 Å². The first-order valence-corrected chi connectivity index (χ1v) is 13.6. The predicted molar refractivity (Wildman–Crippen MR) is 152 cm³/mol. The molecule has 5 N–H and O–H groups in total. The number of carbonyl (C=O) groups excluding carboxylic acids is 5. The van der Waals surface area contributed by atoms with Crippen molar-refractivity contribution in [2.75, 3.05) is 11.9 Å². The molecule has 0 aromatic heterocycles. The molecule has 1 aliphatic heterocycles. The molecule has 1 fully saturated rings. The Balaban J connectivity index is 1.75. The maximum absolute atomic E-state index is 13.6. The van der Waals surface area contributed by atoms with Crippen molar-refractivity contribution in [1.29, 1.82) is 0 Å². The smallest absolute Gasteiger partial charge is 0.245 e. The molecule has 1 aliphatic rings. The number of nitrogens with one attached hydrogen (secondary N) is 3. The lowest BCUT2D eigenvalue weighted by Gasteiger charge is -2.30. The minimum absolute atomic E-state index is 0.0291. The Morgan fingerprint density at radius 3 is 2.20 bits per heavy atom. The third-order valence-electron chi connectivity index (χ3n) is 6.76. The molecule has 2 aromatic rings. The molecule has 214 valence electrons. The lowest BCUT2D eigenvalue weighted by Crippen LogP contribution is -2.57. The minimum atomic E-state index is -0.929. The molecule has 0 radical (unpaired) electrons. The van der Waals surface area contributed by atoms with Gasteiger partial charge in [0, 0.05) is 25.6 Å². The summed E-state index contributed by atoms with van der Waals surface area (Å²) >= 11 is 0. The fourth-order valence-corrected chi connectivity index (χ4v) is 4.89.